The molecule has 1 aromatic heterocycles. The van der Waals surface area contributed by atoms with Crippen molar-refractivity contribution in [3.8, 4) is 0 Å². The summed E-state index contributed by atoms with van der Waals surface area (Å²) < 4.78 is 6.75. The Bertz CT molecular complexity index is 1080. The van der Waals surface area contributed by atoms with Gasteiger partial charge in [0.1, 0.15) is 0 Å². The van der Waals surface area contributed by atoms with Gasteiger partial charge >= 0.3 is 0 Å². The first-order chi connectivity index (χ1) is 15.2. The van der Waals surface area contributed by atoms with E-state index < -0.39 is 0 Å². The number of morpholine rings is 1. The molecule has 1 saturated heterocycles. The zero-order chi connectivity index (χ0) is 21.5. The van der Waals surface area contributed by atoms with Crippen LogP contribution in [0.25, 0.3) is 10.8 Å². The van der Waals surface area contributed by atoms with E-state index in [4.69, 9.17) is 4.74 Å². The average molecular weight is 421 g/mol. The minimum Gasteiger partial charge on any atom is -0.379 e. The third-order valence-corrected chi connectivity index (χ3v) is 5.55. The van der Waals surface area contributed by atoms with Gasteiger partial charge in [0, 0.05) is 25.0 Å². The molecule has 7 heteroatoms. The van der Waals surface area contributed by atoms with E-state index in [-0.39, 0.29) is 11.5 Å². The molecule has 1 N–H and O–H groups in total. The Morgan fingerprint density at radius 3 is 2.45 bits per heavy atom. The highest BCUT2D eigenvalue weighted by molar-refractivity contribution is 6.04. The van der Waals surface area contributed by atoms with Crippen LogP contribution in [0.4, 0.5) is 0 Å². The number of unbranched alkanes of at least 4 members (excludes halogenated alkanes) is 1. The molecule has 0 saturated carbocycles. The molecule has 7 nitrogen and oxygen atoms in total. The van der Waals surface area contributed by atoms with E-state index in [1.165, 1.54) is 4.68 Å². The number of fused-ring (bicyclic) bond motifs is 1. The second-order valence-corrected chi connectivity index (χ2v) is 7.76. The lowest BCUT2D eigenvalue weighted by Crippen LogP contribution is -2.37. The fraction of sp³-hybridized carbons (Fsp3) is 0.375. The van der Waals surface area contributed by atoms with E-state index in [9.17, 15) is 9.59 Å². The number of aromatic nitrogens is 2. The van der Waals surface area contributed by atoms with Crippen molar-refractivity contribution in [3.63, 3.8) is 0 Å². The van der Waals surface area contributed by atoms with Gasteiger partial charge in [0.05, 0.1) is 25.1 Å². The van der Waals surface area contributed by atoms with Crippen LogP contribution < -0.4 is 10.9 Å². The van der Waals surface area contributed by atoms with Gasteiger partial charge < -0.3 is 10.1 Å². The number of rotatable bonds is 8. The maximum atomic E-state index is 12.9. The molecule has 3 aromatic rings. The molecular weight excluding hydrogens is 392 g/mol. The average Bonchev–Trinajstić information content (AvgIpc) is 2.82. The van der Waals surface area contributed by atoms with Crippen LogP contribution in [0.2, 0.25) is 0 Å². The fourth-order valence-electron chi connectivity index (χ4n) is 3.84. The molecule has 0 unspecified atom stereocenters. The number of carbonyl (C=O) groups excluding carboxylic acids is 1. The molecule has 162 valence electrons. The van der Waals surface area contributed by atoms with Gasteiger partial charge in [-0.05, 0) is 31.0 Å². The molecule has 1 aliphatic heterocycles. The molecule has 2 heterocycles. The van der Waals surface area contributed by atoms with Crippen LogP contribution >= 0.6 is 0 Å². The van der Waals surface area contributed by atoms with Gasteiger partial charge in [0.2, 0.25) is 0 Å². The molecule has 1 aliphatic rings. The van der Waals surface area contributed by atoms with E-state index in [0.717, 1.165) is 51.3 Å². The number of carbonyl (C=O) groups is 1. The highest BCUT2D eigenvalue weighted by Gasteiger charge is 2.16. The third-order valence-electron chi connectivity index (χ3n) is 5.55. The van der Waals surface area contributed by atoms with Gasteiger partial charge in [-0.25, -0.2) is 4.68 Å². The molecule has 0 radical (unpaired) electrons. The minimum atomic E-state index is -0.246. The summed E-state index contributed by atoms with van der Waals surface area (Å²) in [4.78, 5) is 28.2. The van der Waals surface area contributed by atoms with Crippen molar-refractivity contribution in [3.05, 3.63) is 76.2 Å². The van der Waals surface area contributed by atoms with Crippen LogP contribution in [0.1, 0.15) is 28.9 Å². The summed E-state index contributed by atoms with van der Waals surface area (Å²) >= 11 is 0. The number of nitrogens with one attached hydrogen (secondary N) is 1. The van der Waals surface area contributed by atoms with Crippen LogP contribution in [-0.4, -0.2) is 60.0 Å². The Morgan fingerprint density at radius 2 is 1.68 bits per heavy atom. The van der Waals surface area contributed by atoms with Crippen molar-refractivity contribution in [1.82, 2.24) is 20.0 Å². The van der Waals surface area contributed by atoms with E-state index in [1.807, 2.05) is 42.5 Å². The lowest BCUT2D eigenvalue weighted by Gasteiger charge is -2.26. The first-order valence-corrected chi connectivity index (χ1v) is 10.8. The van der Waals surface area contributed by atoms with Crippen LogP contribution in [0.5, 0.6) is 0 Å². The summed E-state index contributed by atoms with van der Waals surface area (Å²) in [5.74, 6) is -0.246. The molecule has 1 fully saturated rings. The van der Waals surface area contributed by atoms with E-state index in [0.29, 0.717) is 29.6 Å². The monoisotopic (exact) mass is 420 g/mol. The number of hydrogen-bond donors (Lipinski definition) is 1. The molecular formula is C24H28N4O3. The Balaban J connectivity index is 1.44. The summed E-state index contributed by atoms with van der Waals surface area (Å²) in [6.07, 6.45) is 1.91. The molecule has 0 atom stereocenters. The van der Waals surface area contributed by atoms with Crippen LogP contribution in [0, 0.1) is 0 Å². The van der Waals surface area contributed by atoms with Crippen LogP contribution in [-0.2, 0) is 11.3 Å². The predicted molar refractivity (Wildman–Crippen MR) is 120 cm³/mol. The summed E-state index contributed by atoms with van der Waals surface area (Å²) in [6.45, 7) is 5.47. The van der Waals surface area contributed by atoms with Crippen molar-refractivity contribution in [2.75, 3.05) is 39.4 Å². The lowest BCUT2D eigenvalue weighted by molar-refractivity contribution is 0.0372. The molecule has 1 amide bonds. The summed E-state index contributed by atoms with van der Waals surface area (Å²) in [6, 6.07) is 16.8. The predicted octanol–water partition coefficient (Wildman–Crippen LogP) is 2.29. The first-order valence-electron chi connectivity index (χ1n) is 10.8. The molecule has 0 bridgehead atoms. The van der Waals surface area contributed by atoms with Gasteiger partial charge in [-0.1, -0.05) is 48.5 Å². The molecule has 0 aliphatic carbocycles. The zero-order valence-corrected chi connectivity index (χ0v) is 17.6. The Morgan fingerprint density at radius 1 is 0.968 bits per heavy atom. The normalized spacial score (nSPS) is 14.6. The van der Waals surface area contributed by atoms with E-state index in [1.54, 1.807) is 12.1 Å². The van der Waals surface area contributed by atoms with Gasteiger partial charge in [-0.15, -0.1) is 0 Å². The molecule has 4 rings (SSSR count). The van der Waals surface area contributed by atoms with Crippen molar-refractivity contribution in [2.45, 2.75) is 19.4 Å². The summed E-state index contributed by atoms with van der Waals surface area (Å²) in [5.41, 5.74) is 1.06. The van der Waals surface area contributed by atoms with Crippen LogP contribution in [0.3, 0.4) is 0 Å². The highest BCUT2D eigenvalue weighted by atomic mass is 16.5. The third kappa shape index (κ3) is 5.37. The number of nitrogens with zero attached hydrogens (tertiary/aromatic N) is 3. The van der Waals surface area contributed by atoms with Gasteiger partial charge in [0.25, 0.3) is 11.5 Å². The van der Waals surface area contributed by atoms with Gasteiger partial charge in [-0.3, -0.25) is 14.5 Å². The van der Waals surface area contributed by atoms with Crippen molar-refractivity contribution < 1.29 is 9.53 Å². The topological polar surface area (TPSA) is 76.5 Å². The maximum Gasteiger partial charge on any atom is 0.274 e. The molecule has 0 spiro atoms. The number of benzene rings is 2. The van der Waals surface area contributed by atoms with Crippen molar-refractivity contribution in [1.29, 1.82) is 0 Å². The SMILES string of the molecule is O=C(NCCCCN1CCOCC1)c1nn(Cc2ccccc2)c(=O)c2ccccc12. The Labute approximate surface area is 181 Å². The fourth-order valence-corrected chi connectivity index (χ4v) is 3.84. The van der Waals surface area contributed by atoms with Crippen molar-refractivity contribution in [2.24, 2.45) is 0 Å². The van der Waals surface area contributed by atoms with Crippen LogP contribution in [0.15, 0.2) is 59.4 Å². The Hall–Kier alpha value is -3.03. The summed E-state index contributed by atoms with van der Waals surface area (Å²) in [7, 11) is 0. The lowest BCUT2D eigenvalue weighted by atomic mass is 10.1. The van der Waals surface area contributed by atoms with Gasteiger partial charge in [-0.2, -0.15) is 5.10 Å². The second-order valence-electron chi connectivity index (χ2n) is 7.76. The zero-order valence-electron chi connectivity index (χ0n) is 17.6. The Kier molecular flexibility index (Phi) is 7.07. The first kappa shape index (κ1) is 21.2. The molecule has 2 aromatic carbocycles. The molecule has 31 heavy (non-hydrogen) atoms. The maximum absolute atomic E-state index is 12.9. The number of hydrogen-bond acceptors (Lipinski definition) is 5. The largest absolute Gasteiger partial charge is 0.379 e. The number of amides is 1. The highest BCUT2D eigenvalue weighted by Crippen LogP contribution is 2.14. The van der Waals surface area contributed by atoms with Crippen molar-refractivity contribution >= 4 is 16.7 Å². The van der Waals surface area contributed by atoms with Gasteiger partial charge in [0.15, 0.2) is 5.69 Å². The number of ether oxygens (including phenoxy) is 1. The van der Waals surface area contributed by atoms with E-state index in [2.05, 4.69) is 15.3 Å². The van der Waals surface area contributed by atoms with E-state index >= 15 is 0 Å². The quantitative estimate of drug-likeness (QED) is 0.566. The minimum absolute atomic E-state index is 0.193. The standard InChI is InChI=1S/C24H28N4O3/c29-23(25-12-6-7-13-27-14-16-31-17-15-27)22-20-10-4-5-11-21(20)24(30)28(26-22)18-19-8-2-1-3-9-19/h1-5,8-11H,6-7,12-18H2,(H,25,29). The smallest absolute Gasteiger partial charge is 0.274 e. The second kappa shape index (κ2) is 10.3. The summed E-state index contributed by atoms with van der Waals surface area (Å²) in [5, 5.41) is 8.51.